The Morgan fingerprint density at radius 3 is 2.77 bits per heavy atom. The van der Waals surface area contributed by atoms with Gasteiger partial charge in [-0.1, -0.05) is 18.2 Å². The van der Waals surface area contributed by atoms with Gasteiger partial charge in [0.25, 0.3) is 0 Å². The van der Waals surface area contributed by atoms with Gasteiger partial charge in [0.2, 0.25) is 5.91 Å². The van der Waals surface area contributed by atoms with Crippen molar-refractivity contribution in [2.75, 3.05) is 18.2 Å². The van der Waals surface area contributed by atoms with Gasteiger partial charge in [0.1, 0.15) is 0 Å². The number of benzene rings is 1. The van der Waals surface area contributed by atoms with Crippen LogP contribution >= 0.6 is 11.8 Å². The second-order valence-corrected chi connectivity index (χ2v) is 6.88. The van der Waals surface area contributed by atoms with E-state index in [0.29, 0.717) is 12.1 Å². The predicted molar refractivity (Wildman–Crippen MR) is 79.6 cm³/mol. The van der Waals surface area contributed by atoms with Gasteiger partial charge in [-0.15, -0.1) is 11.8 Å². The third-order valence-electron chi connectivity index (χ3n) is 4.29. The molecule has 2 aliphatic rings. The van der Waals surface area contributed by atoms with Crippen molar-refractivity contribution in [3.8, 4) is 0 Å². The highest BCUT2D eigenvalue weighted by molar-refractivity contribution is 7.99. The van der Waals surface area contributed by atoms with Crippen LogP contribution in [0.5, 0.6) is 0 Å². The van der Waals surface area contributed by atoms with Crippen molar-refractivity contribution in [3.05, 3.63) is 35.4 Å². The summed E-state index contributed by atoms with van der Waals surface area (Å²) >= 11 is 1.66. The zero-order valence-corrected chi connectivity index (χ0v) is 12.7. The third kappa shape index (κ3) is 3.25. The summed E-state index contributed by atoms with van der Waals surface area (Å²) in [6, 6.07) is 5.26. The first kappa shape index (κ1) is 15.7. The molecule has 1 aromatic rings. The van der Waals surface area contributed by atoms with Gasteiger partial charge in [-0.05, 0) is 24.5 Å². The summed E-state index contributed by atoms with van der Waals surface area (Å²) in [4.78, 5) is 12.0. The van der Waals surface area contributed by atoms with Crippen LogP contribution in [0, 0.1) is 0 Å². The molecule has 3 rings (SSSR count). The number of hydrogen-bond acceptors (Lipinski definition) is 3. The number of hydrogen-bond donors (Lipinski definition) is 2. The summed E-state index contributed by atoms with van der Waals surface area (Å²) in [5.41, 5.74) is -0.296. The maximum Gasteiger partial charge on any atom is 0.416 e. The Morgan fingerprint density at radius 2 is 2.18 bits per heavy atom. The van der Waals surface area contributed by atoms with E-state index in [4.69, 9.17) is 0 Å². The molecule has 2 fully saturated rings. The van der Waals surface area contributed by atoms with Crippen LogP contribution in [0.2, 0.25) is 0 Å². The number of halogens is 3. The summed E-state index contributed by atoms with van der Waals surface area (Å²) < 4.78 is 38.4. The SMILES string of the molecule is O=C(NCC1(c2cccc(C(F)(F)F)c2)CC1)[C@H]1CSCN1. The lowest BCUT2D eigenvalue weighted by atomic mass is 9.94. The van der Waals surface area contributed by atoms with E-state index in [2.05, 4.69) is 10.6 Å². The summed E-state index contributed by atoms with van der Waals surface area (Å²) in [6.07, 6.45) is -2.72. The molecule has 7 heteroatoms. The average molecular weight is 330 g/mol. The zero-order valence-electron chi connectivity index (χ0n) is 11.9. The summed E-state index contributed by atoms with van der Waals surface area (Å²) in [5.74, 6) is 1.43. The van der Waals surface area contributed by atoms with Crippen molar-refractivity contribution < 1.29 is 18.0 Å². The minimum absolute atomic E-state index is 0.0664. The third-order valence-corrected chi connectivity index (χ3v) is 5.23. The smallest absolute Gasteiger partial charge is 0.354 e. The summed E-state index contributed by atoms with van der Waals surface area (Å²) in [7, 11) is 0. The topological polar surface area (TPSA) is 41.1 Å². The maximum absolute atomic E-state index is 12.8. The molecule has 0 unspecified atom stereocenters. The molecule has 1 atom stereocenters. The molecule has 0 spiro atoms. The Labute approximate surface area is 131 Å². The molecular weight excluding hydrogens is 313 g/mol. The lowest BCUT2D eigenvalue weighted by molar-refractivity contribution is -0.137. The van der Waals surface area contributed by atoms with Crippen LogP contribution < -0.4 is 10.6 Å². The number of rotatable bonds is 4. The lowest BCUT2D eigenvalue weighted by Gasteiger charge is -2.19. The highest BCUT2D eigenvalue weighted by atomic mass is 32.2. The fourth-order valence-electron chi connectivity index (χ4n) is 2.69. The standard InChI is InChI=1S/C15H17F3N2OS/c16-15(17,18)11-3-1-2-10(6-11)14(4-5-14)8-19-13(21)12-7-22-9-20-12/h1-3,6,12,20H,4-5,7-9H2,(H,19,21)/t12-/m1/s1. The second-order valence-electron chi connectivity index (χ2n) is 5.85. The van der Waals surface area contributed by atoms with E-state index in [9.17, 15) is 18.0 Å². The van der Waals surface area contributed by atoms with Crippen molar-refractivity contribution in [2.24, 2.45) is 0 Å². The van der Waals surface area contributed by atoms with Gasteiger partial charge in [-0.2, -0.15) is 13.2 Å². The van der Waals surface area contributed by atoms with Crippen molar-refractivity contribution in [3.63, 3.8) is 0 Å². The second kappa shape index (κ2) is 5.77. The molecule has 1 heterocycles. The molecule has 1 saturated heterocycles. The van der Waals surface area contributed by atoms with Crippen molar-refractivity contribution in [1.82, 2.24) is 10.6 Å². The zero-order chi connectivity index (χ0) is 15.8. The quantitative estimate of drug-likeness (QED) is 0.891. The van der Waals surface area contributed by atoms with E-state index >= 15 is 0 Å². The molecule has 2 N–H and O–H groups in total. The Hall–Kier alpha value is -1.21. The molecule has 1 aliphatic carbocycles. The average Bonchev–Trinajstić information content (AvgIpc) is 3.08. The normalized spacial score (nSPS) is 23.3. The minimum Gasteiger partial charge on any atom is -0.354 e. The first-order chi connectivity index (χ1) is 10.4. The van der Waals surface area contributed by atoms with Crippen molar-refractivity contribution in [2.45, 2.75) is 30.5 Å². The lowest BCUT2D eigenvalue weighted by Crippen LogP contribution is -2.44. The van der Waals surface area contributed by atoms with E-state index < -0.39 is 11.7 Å². The Kier molecular flexibility index (Phi) is 4.11. The largest absolute Gasteiger partial charge is 0.416 e. The molecule has 1 aromatic carbocycles. The molecule has 0 aromatic heterocycles. The van der Waals surface area contributed by atoms with Gasteiger partial charge in [0.05, 0.1) is 11.6 Å². The van der Waals surface area contributed by atoms with E-state index in [1.807, 2.05) is 0 Å². The fraction of sp³-hybridized carbons (Fsp3) is 0.533. The van der Waals surface area contributed by atoms with E-state index in [-0.39, 0.29) is 17.4 Å². The monoisotopic (exact) mass is 330 g/mol. The van der Waals surface area contributed by atoms with Crippen LogP contribution in [-0.4, -0.2) is 30.1 Å². The van der Waals surface area contributed by atoms with Crippen molar-refractivity contribution >= 4 is 17.7 Å². The van der Waals surface area contributed by atoms with Gasteiger partial charge in [0.15, 0.2) is 0 Å². The van der Waals surface area contributed by atoms with Crippen LogP contribution in [0.25, 0.3) is 0 Å². The molecule has 1 amide bonds. The van der Waals surface area contributed by atoms with Gasteiger partial charge < -0.3 is 5.32 Å². The number of nitrogens with one attached hydrogen (secondary N) is 2. The van der Waals surface area contributed by atoms with Crippen LogP contribution in [0.1, 0.15) is 24.0 Å². The molecule has 0 radical (unpaired) electrons. The number of carbonyl (C=O) groups is 1. The van der Waals surface area contributed by atoms with Crippen LogP contribution in [0.4, 0.5) is 13.2 Å². The predicted octanol–water partition coefficient (Wildman–Crippen LogP) is 2.52. The molecule has 0 bridgehead atoms. The van der Waals surface area contributed by atoms with Crippen LogP contribution in [0.3, 0.4) is 0 Å². The summed E-state index contributed by atoms with van der Waals surface area (Å²) in [6.45, 7) is 0.399. The van der Waals surface area contributed by atoms with Crippen molar-refractivity contribution in [1.29, 1.82) is 0 Å². The Bertz CT molecular complexity index is 566. The highest BCUT2D eigenvalue weighted by Crippen LogP contribution is 2.48. The first-order valence-electron chi connectivity index (χ1n) is 7.17. The van der Waals surface area contributed by atoms with E-state index in [0.717, 1.165) is 30.5 Å². The van der Waals surface area contributed by atoms with Crippen LogP contribution in [-0.2, 0) is 16.4 Å². The highest BCUT2D eigenvalue weighted by Gasteiger charge is 2.45. The Morgan fingerprint density at radius 1 is 1.41 bits per heavy atom. The number of alkyl halides is 3. The number of thioether (sulfide) groups is 1. The van der Waals surface area contributed by atoms with Crippen LogP contribution in [0.15, 0.2) is 24.3 Å². The maximum atomic E-state index is 12.8. The van der Waals surface area contributed by atoms with Gasteiger partial charge in [-0.3, -0.25) is 10.1 Å². The minimum atomic E-state index is -4.33. The molecular formula is C15H17F3N2OS. The van der Waals surface area contributed by atoms with E-state index in [1.54, 1.807) is 17.8 Å². The van der Waals surface area contributed by atoms with Gasteiger partial charge >= 0.3 is 6.18 Å². The molecule has 1 saturated carbocycles. The fourth-order valence-corrected chi connectivity index (χ4v) is 3.63. The molecule has 3 nitrogen and oxygen atoms in total. The molecule has 1 aliphatic heterocycles. The van der Waals surface area contributed by atoms with E-state index in [1.165, 1.54) is 12.1 Å². The molecule has 22 heavy (non-hydrogen) atoms. The number of carbonyl (C=O) groups excluding carboxylic acids is 1. The number of amides is 1. The Balaban J connectivity index is 1.67. The van der Waals surface area contributed by atoms with Gasteiger partial charge in [0, 0.05) is 23.6 Å². The molecule has 120 valence electrons. The van der Waals surface area contributed by atoms with Gasteiger partial charge in [-0.25, -0.2) is 0 Å². The first-order valence-corrected chi connectivity index (χ1v) is 8.33. The summed E-state index contributed by atoms with van der Waals surface area (Å²) in [5, 5.41) is 5.97.